The molecule has 1 aromatic carbocycles. The van der Waals surface area contributed by atoms with Crippen LogP contribution in [0.3, 0.4) is 0 Å². The van der Waals surface area contributed by atoms with Gasteiger partial charge in [0, 0.05) is 13.6 Å². The first-order valence-electron chi connectivity index (χ1n) is 6.80. The number of aliphatic hydroxyl groups is 1. The Morgan fingerprint density at radius 2 is 2.16 bits per heavy atom. The van der Waals surface area contributed by atoms with Crippen molar-refractivity contribution in [3.8, 4) is 5.75 Å². The summed E-state index contributed by atoms with van der Waals surface area (Å²) in [5, 5.41) is 8.79. The van der Waals surface area contributed by atoms with Gasteiger partial charge in [-0.1, -0.05) is 12.1 Å². The number of carbonyl (C=O) groups is 1. The second kappa shape index (κ2) is 6.57. The summed E-state index contributed by atoms with van der Waals surface area (Å²) >= 11 is 0. The van der Waals surface area contributed by atoms with Crippen LogP contribution in [0.5, 0.6) is 5.75 Å². The number of aliphatic hydroxyl groups excluding tert-OH is 1. The monoisotopic (exact) mass is 263 g/mol. The van der Waals surface area contributed by atoms with Crippen LogP contribution in [0, 0.1) is 0 Å². The molecule has 0 radical (unpaired) electrons. The number of nitrogens with zero attached hydrogens (tertiary/aromatic N) is 1. The fourth-order valence-electron chi connectivity index (χ4n) is 2.41. The van der Waals surface area contributed by atoms with Crippen LogP contribution in [0.25, 0.3) is 0 Å². The smallest absolute Gasteiger partial charge is 0.260 e. The summed E-state index contributed by atoms with van der Waals surface area (Å²) in [5.74, 6) is 0.727. The molecule has 1 aliphatic rings. The largest absolute Gasteiger partial charge is 0.483 e. The molecule has 1 aromatic rings. The molecule has 1 N–H and O–H groups in total. The minimum atomic E-state index is -0.109. The summed E-state index contributed by atoms with van der Waals surface area (Å²) in [7, 11) is 1.67. The van der Waals surface area contributed by atoms with Gasteiger partial charge in [0.05, 0.1) is 6.61 Å². The Morgan fingerprint density at radius 3 is 2.95 bits per heavy atom. The van der Waals surface area contributed by atoms with Gasteiger partial charge in [0.2, 0.25) is 0 Å². The molecular formula is C15H21NO3. The fraction of sp³-hybridized carbons (Fsp3) is 0.533. The summed E-state index contributed by atoms with van der Waals surface area (Å²) in [6.45, 7) is 0.352. The number of likely N-dealkylation sites (N-methyl/N-ethyl adjacent to an activating group) is 1. The molecule has 0 aliphatic heterocycles. The van der Waals surface area contributed by atoms with Crippen molar-refractivity contribution in [1.29, 1.82) is 0 Å². The summed E-state index contributed by atoms with van der Waals surface area (Å²) in [6.07, 6.45) is 4.55. The number of rotatable bonds is 5. The molecule has 0 fully saturated rings. The second-order valence-corrected chi connectivity index (χ2v) is 4.93. The zero-order valence-electron chi connectivity index (χ0n) is 11.4. The topological polar surface area (TPSA) is 49.8 Å². The first-order chi connectivity index (χ1) is 9.22. The molecule has 2 rings (SSSR count). The molecule has 0 atom stereocenters. The van der Waals surface area contributed by atoms with Crippen molar-refractivity contribution in [3.05, 3.63) is 29.3 Å². The standard InChI is InChI=1S/C15H21NO3/c1-16(9-10-17)15(18)11-19-14-8-4-6-12-5-2-3-7-13(12)14/h4,6,8,17H,2-3,5,7,9-11H2,1H3. The van der Waals surface area contributed by atoms with Gasteiger partial charge in [-0.05, 0) is 42.9 Å². The van der Waals surface area contributed by atoms with Crippen LogP contribution in [0.4, 0.5) is 0 Å². The highest BCUT2D eigenvalue weighted by Crippen LogP contribution is 2.29. The number of aryl methyl sites for hydroxylation is 1. The number of ether oxygens (including phenoxy) is 1. The fourth-order valence-corrected chi connectivity index (χ4v) is 2.41. The molecule has 104 valence electrons. The van der Waals surface area contributed by atoms with Crippen molar-refractivity contribution in [3.63, 3.8) is 0 Å². The van der Waals surface area contributed by atoms with Crippen LogP contribution in [-0.4, -0.2) is 42.7 Å². The Kier molecular flexibility index (Phi) is 4.80. The molecule has 0 aromatic heterocycles. The van der Waals surface area contributed by atoms with Gasteiger partial charge in [-0.15, -0.1) is 0 Å². The number of fused-ring (bicyclic) bond motifs is 1. The zero-order valence-corrected chi connectivity index (χ0v) is 11.4. The maximum absolute atomic E-state index is 11.8. The highest BCUT2D eigenvalue weighted by atomic mass is 16.5. The van der Waals surface area contributed by atoms with Crippen LogP contribution < -0.4 is 4.74 Å². The SMILES string of the molecule is CN(CCO)C(=O)COc1cccc2c1CCCC2. The van der Waals surface area contributed by atoms with Gasteiger partial charge in [-0.25, -0.2) is 0 Å². The van der Waals surface area contributed by atoms with E-state index in [0.717, 1.165) is 18.6 Å². The summed E-state index contributed by atoms with van der Waals surface area (Å²) in [4.78, 5) is 13.2. The van der Waals surface area contributed by atoms with Gasteiger partial charge >= 0.3 is 0 Å². The predicted molar refractivity (Wildman–Crippen MR) is 73.3 cm³/mol. The van der Waals surface area contributed by atoms with Gasteiger partial charge in [0.1, 0.15) is 5.75 Å². The van der Waals surface area contributed by atoms with E-state index in [2.05, 4.69) is 6.07 Å². The maximum atomic E-state index is 11.8. The summed E-state index contributed by atoms with van der Waals surface area (Å²) < 4.78 is 5.66. The van der Waals surface area contributed by atoms with Crippen molar-refractivity contribution in [2.45, 2.75) is 25.7 Å². The minimum Gasteiger partial charge on any atom is -0.483 e. The average molecular weight is 263 g/mol. The number of hydrogen-bond donors (Lipinski definition) is 1. The molecule has 4 heteroatoms. The highest BCUT2D eigenvalue weighted by Gasteiger charge is 2.15. The first kappa shape index (κ1) is 13.9. The van der Waals surface area contributed by atoms with E-state index < -0.39 is 0 Å². The Hall–Kier alpha value is -1.55. The lowest BCUT2D eigenvalue weighted by molar-refractivity contribution is -0.132. The van der Waals surface area contributed by atoms with Crippen LogP contribution in [0.15, 0.2) is 18.2 Å². The predicted octanol–water partition coefficient (Wildman–Crippen LogP) is 1.39. The van der Waals surface area contributed by atoms with Crippen molar-refractivity contribution in [2.24, 2.45) is 0 Å². The van der Waals surface area contributed by atoms with Gasteiger partial charge in [0.25, 0.3) is 5.91 Å². The number of benzene rings is 1. The van der Waals surface area contributed by atoms with Crippen LogP contribution >= 0.6 is 0 Å². The Labute approximate surface area is 114 Å². The van der Waals surface area contributed by atoms with Crippen LogP contribution in [0.1, 0.15) is 24.0 Å². The molecule has 0 bridgehead atoms. The third-order valence-electron chi connectivity index (χ3n) is 3.57. The quantitative estimate of drug-likeness (QED) is 0.873. The lowest BCUT2D eigenvalue weighted by Crippen LogP contribution is -2.33. The normalized spacial score (nSPS) is 13.8. The molecular weight excluding hydrogens is 242 g/mol. The molecule has 0 spiro atoms. The summed E-state index contributed by atoms with van der Waals surface area (Å²) in [5.41, 5.74) is 2.60. The molecule has 0 saturated heterocycles. The Morgan fingerprint density at radius 1 is 1.37 bits per heavy atom. The van der Waals surface area contributed by atoms with E-state index in [1.54, 1.807) is 7.05 Å². The minimum absolute atomic E-state index is 0.0248. The third-order valence-corrected chi connectivity index (χ3v) is 3.57. The van der Waals surface area contributed by atoms with E-state index in [0.29, 0.717) is 6.54 Å². The Bertz CT molecular complexity index is 445. The third kappa shape index (κ3) is 3.47. The van der Waals surface area contributed by atoms with Gasteiger partial charge < -0.3 is 14.7 Å². The average Bonchev–Trinajstić information content (AvgIpc) is 2.45. The number of amides is 1. The van der Waals surface area contributed by atoms with E-state index in [-0.39, 0.29) is 19.1 Å². The maximum Gasteiger partial charge on any atom is 0.260 e. The van der Waals surface area contributed by atoms with E-state index in [1.165, 1.54) is 28.9 Å². The van der Waals surface area contributed by atoms with E-state index in [4.69, 9.17) is 9.84 Å². The Balaban J connectivity index is 1.98. The molecule has 0 heterocycles. The van der Waals surface area contributed by atoms with E-state index >= 15 is 0 Å². The van der Waals surface area contributed by atoms with Crippen molar-refractivity contribution < 1.29 is 14.6 Å². The number of hydrogen-bond acceptors (Lipinski definition) is 3. The first-order valence-corrected chi connectivity index (χ1v) is 6.80. The van der Waals surface area contributed by atoms with E-state index in [1.807, 2.05) is 12.1 Å². The zero-order chi connectivity index (χ0) is 13.7. The highest BCUT2D eigenvalue weighted by molar-refractivity contribution is 5.77. The summed E-state index contributed by atoms with van der Waals surface area (Å²) in [6, 6.07) is 6.06. The van der Waals surface area contributed by atoms with Crippen molar-refractivity contribution >= 4 is 5.91 Å². The molecule has 1 aliphatic carbocycles. The molecule has 0 unspecified atom stereocenters. The lowest BCUT2D eigenvalue weighted by atomic mass is 9.91. The number of carbonyl (C=O) groups excluding carboxylic acids is 1. The van der Waals surface area contributed by atoms with Gasteiger partial charge in [-0.3, -0.25) is 4.79 Å². The molecule has 4 nitrogen and oxygen atoms in total. The lowest BCUT2D eigenvalue weighted by Gasteiger charge is -2.20. The molecule has 1 amide bonds. The van der Waals surface area contributed by atoms with E-state index in [9.17, 15) is 4.79 Å². The van der Waals surface area contributed by atoms with Gasteiger partial charge in [0.15, 0.2) is 6.61 Å². The van der Waals surface area contributed by atoms with Crippen molar-refractivity contribution in [2.75, 3.05) is 26.8 Å². The second-order valence-electron chi connectivity index (χ2n) is 4.93. The van der Waals surface area contributed by atoms with Crippen LogP contribution in [-0.2, 0) is 17.6 Å². The van der Waals surface area contributed by atoms with Gasteiger partial charge in [-0.2, -0.15) is 0 Å². The van der Waals surface area contributed by atoms with Crippen molar-refractivity contribution in [1.82, 2.24) is 4.90 Å². The van der Waals surface area contributed by atoms with Crippen LogP contribution in [0.2, 0.25) is 0 Å². The molecule has 19 heavy (non-hydrogen) atoms. The molecule has 0 saturated carbocycles.